The van der Waals surface area contributed by atoms with E-state index in [2.05, 4.69) is 25.9 Å². The van der Waals surface area contributed by atoms with Gasteiger partial charge in [0.2, 0.25) is 0 Å². The second-order valence-corrected chi connectivity index (χ2v) is 6.89. The van der Waals surface area contributed by atoms with Crippen molar-refractivity contribution >= 4 is 22.6 Å². The van der Waals surface area contributed by atoms with E-state index in [9.17, 15) is 4.79 Å². The van der Waals surface area contributed by atoms with E-state index in [-0.39, 0.29) is 0 Å². The molecular formula is C21H18N8O2. The van der Waals surface area contributed by atoms with Gasteiger partial charge in [0.05, 0.1) is 35.0 Å². The molecule has 10 heteroatoms. The van der Waals surface area contributed by atoms with Crippen LogP contribution in [0, 0.1) is 6.92 Å². The van der Waals surface area contributed by atoms with Gasteiger partial charge in [-0.25, -0.2) is 14.4 Å². The van der Waals surface area contributed by atoms with E-state index in [0.29, 0.717) is 17.1 Å². The Hall–Kier alpha value is -4.60. The molecule has 31 heavy (non-hydrogen) atoms. The molecule has 10 nitrogen and oxygen atoms in total. The van der Waals surface area contributed by atoms with Crippen molar-refractivity contribution < 1.29 is 4.74 Å². The number of nitrogens with two attached hydrogens (primary N) is 1. The van der Waals surface area contributed by atoms with Gasteiger partial charge in [-0.1, -0.05) is 18.2 Å². The molecule has 0 saturated carbocycles. The van der Waals surface area contributed by atoms with Gasteiger partial charge in [-0.3, -0.25) is 0 Å². The first-order valence-corrected chi connectivity index (χ1v) is 9.47. The highest BCUT2D eigenvalue weighted by molar-refractivity contribution is 5.90. The van der Waals surface area contributed by atoms with Crippen molar-refractivity contribution in [3.05, 3.63) is 83.0 Å². The number of H-pyrrole nitrogens is 1. The summed E-state index contributed by atoms with van der Waals surface area (Å²) in [7, 11) is 0. The number of hydrogen-bond acceptors (Lipinski definition) is 7. The molecule has 4 N–H and O–H groups in total. The number of tetrazole rings is 1. The molecule has 0 aliphatic rings. The summed E-state index contributed by atoms with van der Waals surface area (Å²) < 4.78 is 8.67. The molecule has 0 amide bonds. The number of aromatic amines is 1. The number of nitrogen functional groups attached to an aromatic ring is 1. The molecule has 5 aromatic rings. The largest absolute Gasteiger partial charge is 0.457 e. The first kappa shape index (κ1) is 18.4. The third-order valence-corrected chi connectivity index (χ3v) is 4.86. The van der Waals surface area contributed by atoms with Gasteiger partial charge in [-0.15, -0.1) is 0 Å². The molecule has 0 bridgehead atoms. The third-order valence-electron chi connectivity index (χ3n) is 4.86. The van der Waals surface area contributed by atoms with Crippen LogP contribution >= 0.6 is 0 Å². The fourth-order valence-electron chi connectivity index (χ4n) is 3.36. The predicted molar refractivity (Wildman–Crippen MR) is 116 cm³/mol. The molecule has 2 aromatic carbocycles. The molecular weight excluding hydrogens is 396 g/mol. The highest BCUT2D eigenvalue weighted by Crippen LogP contribution is 2.33. The van der Waals surface area contributed by atoms with Crippen molar-refractivity contribution in [1.82, 2.24) is 29.8 Å². The lowest BCUT2D eigenvalue weighted by molar-refractivity contribution is 0.483. The number of nitrogens with one attached hydrogen (secondary N) is 2. The number of benzene rings is 2. The standard InChI is InChI=1S/C21H18N8O2/c1-13-18(29-21(30)25-26-27-29)12-28-20(13)19(17(22)11-23-28)24-14-7-9-16(10-8-14)31-15-5-3-2-4-6-15/h2-12,24H,22H2,1H3,(H,25,27,30). The second-order valence-electron chi connectivity index (χ2n) is 6.89. The van der Waals surface area contributed by atoms with E-state index in [1.807, 2.05) is 61.5 Å². The Labute approximate surface area is 175 Å². The van der Waals surface area contributed by atoms with Crippen LogP contribution in [0.4, 0.5) is 17.1 Å². The highest BCUT2D eigenvalue weighted by atomic mass is 16.5. The van der Waals surface area contributed by atoms with Gasteiger partial charge < -0.3 is 15.8 Å². The zero-order valence-electron chi connectivity index (χ0n) is 16.5. The predicted octanol–water partition coefficient (Wildman–Crippen LogP) is 3.03. The Balaban J connectivity index is 1.49. The zero-order valence-corrected chi connectivity index (χ0v) is 16.5. The normalized spacial score (nSPS) is 11.0. The Morgan fingerprint density at radius 2 is 1.81 bits per heavy atom. The van der Waals surface area contributed by atoms with Crippen molar-refractivity contribution in [2.75, 3.05) is 11.1 Å². The number of para-hydroxylation sites is 1. The minimum Gasteiger partial charge on any atom is -0.457 e. The number of anilines is 3. The van der Waals surface area contributed by atoms with Crippen LogP contribution in [-0.4, -0.2) is 29.8 Å². The number of rotatable bonds is 5. The van der Waals surface area contributed by atoms with Crippen LogP contribution in [0.1, 0.15) is 5.56 Å². The first-order valence-electron chi connectivity index (χ1n) is 9.47. The number of aromatic nitrogens is 6. The lowest BCUT2D eigenvalue weighted by Crippen LogP contribution is -2.16. The zero-order chi connectivity index (χ0) is 21.4. The maximum atomic E-state index is 12.0. The van der Waals surface area contributed by atoms with Gasteiger partial charge in [0.15, 0.2) is 0 Å². The Morgan fingerprint density at radius 1 is 1.06 bits per heavy atom. The summed E-state index contributed by atoms with van der Waals surface area (Å²) in [6.45, 7) is 1.87. The molecule has 0 unspecified atom stereocenters. The molecule has 3 heterocycles. The average molecular weight is 414 g/mol. The monoisotopic (exact) mass is 414 g/mol. The van der Waals surface area contributed by atoms with E-state index >= 15 is 0 Å². The molecule has 0 aliphatic heterocycles. The van der Waals surface area contributed by atoms with E-state index in [1.165, 1.54) is 4.68 Å². The van der Waals surface area contributed by atoms with Crippen LogP contribution in [0.3, 0.4) is 0 Å². The van der Waals surface area contributed by atoms with Gasteiger partial charge in [-0.2, -0.15) is 9.78 Å². The molecule has 0 spiro atoms. The second kappa shape index (κ2) is 7.34. The SMILES string of the molecule is Cc1c(-n2nn[nH]c2=O)cn2ncc(N)c(Nc3ccc(Oc4ccccc4)cc3)c12. The van der Waals surface area contributed by atoms with Crippen molar-refractivity contribution in [1.29, 1.82) is 0 Å². The van der Waals surface area contributed by atoms with Gasteiger partial charge in [-0.05, 0) is 53.7 Å². The Kier molecular flexibility index (Phi) is 4.36. The first-order chi connectivity index (χ1) is 15.1. The molecule has 5 rings (SSSR count). The van der Waals surface area contributed by atoms with Crippen LogP contribution in [0.15, 0.2) is 71.8 Å². The number of hydrogen-bond donors (Lipinski definition) is 3. The summed E-state index contributed by atoms with van der Waals surface area (Å²) in [5, 5.41) is 17.3. The van der Waals surface area contributed by atoms with Crippen LogP contribution in [-0.2, 0) is 0 Å². The minimum absolute atomic E-state index is 0.435. The van der Waals surface area contributed by atoms with Gasteiger partial charge in [0.1, 0.15) is 11.5 Å². The molecule has 0 fully saturated rings. The Bertz CT molecular complexity index is 1420. The van der Waals surface area contributed by atoms with E-state index < -0.39 is 5.69 Å². The topological polar surface area (TPSA) is 128 Å². The van der Waals surface area contributed by atoms with E-state index in [0.717, 1.165) is 28.3 Å². The number of ether oxygens (including phenoxy) is 1. The van der Waals surface area contributed by atoms with E-state index in [1.54, 1.807) is 16.9 Å². The maximum Gasteiger partial charge on any atom is 0.365 e. The molecule has 0 saturated heterocycles. The van der Waals surface area contributed by atoms with Crippen LogP contribution in [0.5, 0.6) is 11.5 Å². The van der Waals surface area contributed by atoms with Crippen molar-refractivity contribution in [2.45, 2.75) is 6.92 Å². The smallest absolute Gasteiger partial charge is 0.365 e. The van der Waals surface area contributed by atoms with Crippen LogP contribution < -0.4 is 21.5 Å². The summed E-state index contributed by atoms with van der Waals surface area (Å²) in [5.74, 6) is 1.49. The minimum atomic E-state index is -0.435. The molecule has 154 valence electrons. The van der Waals surface area contributed by atoms with Crippen molar-refractivity contribution in [3.63, 3.8) is 0 Å². The van der Waals surface area contributed by atoms with Gasteiger partial charge in [0, 0.05) is 11.3 Å². The summed E-state index contributed by atoms with van der Waals surface area (Å²) >= 11 is 0. The summed E-state index contributed by atoms with van der Waals surface area (Å²) in [6.07, 6.45) is 3.26. The third kappa shape index (κ3) is 3.35. The summed E-state index contributed by atoms with van der Waals surface area (Å²) in [4.78, 5) is 12.0. The molecule has 0 radical (unpaired) electrons. The van der Waals surface area contributed by atoms with Gasteiger partial charge in [0.25, 0.3) is 0 Å². The fraction of sp³-hybridized carbons (Fsp3) is 0.0476. The Morgan fingerprint density at radius 3 is 2.52 bits per heavy atom. The number of nitrogens with zero attached hydrogens (tertiary/aromatic N) is 5. The highest BCUT2D eigenvalue weighted by Gasteiger charge is 2.17. The van der Waals surface area contributed by atoms with Crippen LogP contribution in [0.25, 0.3) is 11.2 Å². The maximum absolute atomic E-state index is 12.0. The molecule has 0 aliphatic carbocycles. The lowest BCUT2D eigenvalue weighted by Gasteiger charge is -2.12. The fourth-order valence-corrected chi connectivity index (χ4v) is 3.36. The summed E-state index contributed by atoms with van der Waals surface area (Å²) in [6, 6.07) is 17.1. The van der Waals surface area contributed by atoms with Crippen molar-refractivity contribution in [2.24, 2.45) is 0 Å². The molecule has 0 atom stereocenters. The van der Waals surface area contributed by atoms with Gasteiger partial charge >= 0.3 is 5.69 Å². The van der Waals surface area contributed by atoms with E-state index in [4.69, 9.17) is 10.5 Å². The molecule has 3 aromatic heterocycles. The quantitative estimate of drug-likeness (QED) is 0.403. The van der Waals surface area contributed by atoms with Crippen LogP contribution in [0.2, 0.25) is 0 Å². The average Bonchev–Trinajstić information content (AvgIpc) is 3.35. The van der Waals surface area contributed by atoms with Crippen molar-refractivity contribution in [3.8, 4) is 17.2 Å². The number of aryl methyl sites for hydroxylation is 1. The summed E-state index contributed by atoms with van der Waals surface area (Å²) in [5.41, 5.74) is 9.83. The lowest BCUT2D eigenvalue weighted by atomic mass is 10.2. The number of fused-ring (bicyclic) bond motifs is 1.